The molecule has 2 aromatic rings. The molecule has 5 nitrogen and oxygen atoms in total. The molecule has 5 heteroatoms. The zero-order valence-electron chi connectivity index (χ0n) is 10.1. The second-order valence-electron chi connectivity index (χ2n) is 4.70. The number of rotatable bonds is 2. The molecule has 0 radical (unpaired) electrons. The van der Waals surface area contributed by atoms with Gasteiger partial charge in [0.1, 0.15) is 0 Å². The number of aryl methyl sites for hydroxylation is 2. The van der Waals surface area contributed by atoms with E-state index in [9.17, 15) is 0 Å². The van der Waals surface area contributed by atoms with Gasteiger partial charge in [-0.25, -0.2) is 4.52 Å². The van der Waals surface area contributed by atoms with Crippen molar-refractivity contribution in [3.63, 3.8) is 0 Å². The number of nitrogens with zero attached hydrogens (tertiary/aromatic N) is 4. The molecular weight excluding hydrogens is 214 g/mol. The Labute approximate surface area is 100 Å². The van der Waals surface area contributed by atoms with Crippen molar-refractivity contribution in [2.75, 3.05) is 6.54 Å². The first-order chi connectivity index (χ1) is 8.31. The van der Waals surface area contributed by atoms with Gasteiger partial charge in [-0.2, -0.15) is 10.2 Å². The monoisotopic (exact) mass is 231 g/mol. The van der Waals surface area contributed by atoms with Crippen molar-refractivity contribution < 1.29 is 0 Å². The Hall–Kier alpha value is -1.49. The second kappa shape index (κ2) is 4.07. The van der Waals surface area contributed by atoms with Crippen molar-refractivity contribution in [2.24, 2.45) is 11.7 Å². The molecule has 1 aliphatic carbocycles. The van der Waals surface area contributed by atoms with E-state index < -0.39 is 0 Å². The summed E-state index contributed by atoms with van der Waals surface area (Å²) in [5, 5.41) is 13.1. The Morgan fingerprint density at radius 3 is 3.12 bits per heavy atom. The first-order valence-corrected chi connectivity index (χ1v) is 6.25. The SMILES string of the molecule is CCc1cc2nnc3c(n2n1)CC(CN)CC3. The summed E-state index contributed by atoms with van der Waals surface area (Å²) < 4.78 is 1.96. The third-order valence-electron chi connectivity index (χ3n) is 3.57. The van der Waals surface area contributed by atoms with E-state index in [4.69, 9.17) is 5.73 Å². The van der Waals surface area contributed by atoms with Crippen molar-refractivity contribution in [1.82, 2.24) is 19.8 Å². The molecule has 0 aromatic carbocycles. The summed E-state index contributed by atoms with van der Waals surface area (Å²) in [6.07, 6.45) is 3.99. The Balaban J connectivity index is 2.13. The Morgan fingerprint density at radius 1 is 1.47 bits per heavy atom. The lowest BCUT2D eigenvalue weighted by molar-refractivity contribution is 0.444. The quantitative estimate of drug-likeness (QED) is 0.828. The molecule has 2 N–H and O–H groups in total. The summed E-state index contributed by atoms with van der Waals surface area (Å²) >= 11 is 0. The molecule has 0 fully saturated rings. The van der Waals surface area contributed by atoms with Crippen molar-refractivity contribution in [3.05, 3.63) is 23.1 Å². The Bertz CT molecular complexity index is 545. The lowest BCUT2D eigenvalue weighted by atomic mass is 9.90. The van der Waals surface area contributed by atoms with E-state index in [-0.39, 0.29) is 0 Å². The second-order valence-corrected chi connectivity index (χ2v) is 4.70. The highest BCUT2D eigenvalue weighted by molar-refractivity contribution is 5.40. The Morgan fingerprint density at radius 2 is 2.35 bits per heavy atom. The topological polar surface area (TPSA) is 69.1 Å². The minimum atomic E-state index is 0.559. The predicted molar refractivity (Wildman–Crippen MR) is 64.7 cm³/mol. The van der Waals surface area contributed by atoms with E-state index in [2.05, 4.69) is 22.2 Å². The van der Waals surface area contributed by atoms with Crippen molar-refractivity contribution in [3.8, 4) is 0 Å². The van der Waals surface area contributed by atoms with E-state index >= 15 is 0 Å². The van der Waals surface area contributed by atoms with Gasteiger partial charge < -0.3 is 5.73 Å². The molecule has 0 spiro atoms. The normalized spacial score (nSPS) is 19.5. The fourth-order valence-corrected chi connectivity index (χ4v) is 2.47. The standard InChI is InChI=1S/C12H17N5/c1-2-9-6-12-15-14-10-4-3-8(7-13)5-11(10)17(12)16-9/h6,8H,2-5,7,13H2,1H3. The van der Waals surface area contributed by atoms with Crippen molar-refractivity contribution in [2.45, 2.75) is 32.6 Å². The average Bonchev–Trinajstić information content (AvgIpc) is 2.81. The summed E-state index contributed by atoms with van der Waals surface area (Å²) in [5.41, 5.74) is 10.00. The summed E-state index contributed by atoms with van der Waals surface area (Å²) in [4.78, 5) is 0. The van der Waals surface area contributed by atoms with Crippen LogP contribution in [0.25, 0.3) is 5.65 Å². The molecule has 1 unspecified atom stereocenters. The lowest BCUT2D eigenvalue weighted by Crippen LogP contribution is -2.25. The van der Waals surface area contributed by atoms with Gasteiger partial charge in [-0.1, -0.05) is 6.92 Å². The first-order valence-electron chi connectivity index (χ1n) is 6.25. The van der Waals surface area contributed by atoms with Crippen LogP contribution in [0.4, 0.5) is 0 Å². The van der Waals surface area contributed by atoms with Crippen molar-refractivity contribution in [1.29, 1.82) is 0 Å². The van der Waals surface area contributed by atoms with Gasteiger partial charge in [-0.05, 0) is 38.1 Å². The molecule has 1 aliphatic rings. The van der Waals surface area contributed by atoms with Crippen LogP contribution in [-0.4, -0.2) is 26.4 Å². The van der Waals surface area contributed by atoms with Crippen LogP contribution >= 0.6 is 0 Å². The van der Waals surface area contributed by atoms with Crippen LogP contribution in [-0.2, 0) is 19.3 Å². The molecule has 17 heavy (non-hydrogen) atoms. The molecule has 0 saturated heterocycles. The number of hydrogen-bond acceptors (Lipinski definition) is 4. The lowest BCUT2D eigenvalue weighted by Gasteiger charge is -2.22. The maximum Gasteiger partial charge on any atom is 0.177 e. The molecule has 90 valence electrons. The highest BCUT2D eigenvalue weighted by Gasteiger charge is 2.22. The van der Waals surface area contributed by atoms with Crippen LogP contribution in [0.3, 0.4) is 0 Å². The minimum absolute atomic E-state index is 0.559. The Kier molecular flexibility index (Phi) is 2.55. The van der Waals surface area contributed by atoms with Gasteiger partial charge in [0, 0.05) is 6.07 Å². The van der Waals surface area contributed by atoms with Gasteiger partial charge >= 0.3 is 0 Å². The maximum absolute atomic E-state index is 5.77. The summed E-state index contributed by atoms with van der Waals surface area (Å²) in [5.74, 6) is 0.559. The van der Waals surface area contributed by atoms with Gasteiger partial charge in [-0.15, -0.1) is 5.10 Å². The third-order valence-corrected chi connectivity index (χ3v) is 3.57. The highest BCUT2D eigenvalue weighted by Crippen LogP contribution is 2.23. The molecule has 0 bridgehead atoms. The van der Waals surface area contributed by atoms with Crippen LogP contribution in [0.5, 0.6) is 0 Å². The van der Waals surface area contributed by atoms with Gasteiger partial charge in [0.05, 0.1) is 17.1 Å². The number of fused-ring (bicyclic) bond motifs is 3. The average molecular weight is 231 g/mol. The van der Waals surface area contributed by atoms with Gasteiger partial charge in [0.15, 0.2) is 5.65 Å². The molecule has 3 rings (SSSR count). The summed E-state index contributed by atoms with van der Waals surface area (Å²) in [6, 6.07) is 2.01. The molecule has 2 aromatic heterocycles. The van der Waals surface area contributed by atoms with Crippen LogP contribution in [0.15, 0.2) is 6.07 Å². The van der Waals surface area contributed by atoms with E-state index in [1.165, 1.54) is 5.69 Å². The summed E-state index contributed by atoms with van der Waals surface area (Å²) in [6.45, 7) is 2.84. The van der Waals surface area contributed by atoms with Crippen molar-refractivity contribution >= 4 is 5.65 Å². The summed E-state index contributed by atoms with van der Waals surface area (Å²) in [7, 11) is 0. The molecule has 0 amide bonds. The number of nitrogens with two attached hydrogens (primary N) is 1. The molecular formula is C12H17N5. The molecule has 0 aliphatic heterocycles. The number of hydrogen-bond donors (Lipinski definition) is 1. The molecule has 0 saturated carbocycles. The third kappa shape index (κ3) is 1.70. The van der Waals surface area contributed by atoms with E-state index in [1.54, 1.807) is 0 Å². The van der Waals surface area contributed by atoms with Gasteiger partial charge in [0.25, 0.3) is 0 Å². The highest BCUT2D eigenvalue weighted by atomic mass is 15.3. The predicted octanol–water partition coefficient (Wildman–Crippen LogP) is 0.750. The fraction of sp³-hybridized carbons (Fsp3) is 0.583. The smallest absolute Gasteiger partial charge is 0.177 e. The van der Waals surface area contributed by atoms with Crippen LogP contribution in [0.2, 0.25) is 0 Å². The van der Waals surface area contributed by atoms with Gasteiger partial charge in [0.2, 0.25) is 0 Å². The zero-order chi connectivity index (χ0) is 11.8. The van der Waals surface area contributed by atoms with E-state index in [0.717, 1.165) is 49.3 Å². The van der Waals surface area contributed by atoms with E-state index in [0.29, 0.717) is 5.92 Å². The minimum Gasteiger partial charge on any atom is -0.330 e. The molecule has 1 atom stereocenters. The van der Waals surface area contributed by atoms with Crippen LogP contribution in [0.1, 0.15) is 30.4 Å². The fourth-order valence-electron chi connectivity index (χ4n) is 2.47. The van der Waals surface area contributed by atoms with Gasteiger partial charge in [-0.3, -0.25) is 0 Å². The first kappa shape index (κ1) is 10.7. The van der Waals surface area contributed by atoms with Crippen LogP contribution in [0, 0.1) is 5.92 Å². The van der Waals surface area contributed by atoms with Crippen LogP contribution < -0.4 is 5.73 Å². The number of aromatic nitrogens is 4. The zero-order valence-corrected chi connectivity index (χ0v) is 10.1. The largest absolute Gasteiger partial charge is 0.330 e. The maximum atomic E-state index is 5.77. The van der Waals surface area contributed by atoms with E-state index in [1.807, 2.05) is 10.6 Å². The molecule has 2 heterocycles.